The third kappa shape index (κ3) is 3.57. The van der Waals surface area contributed by atoms with Crippen LogP contribution in [-0.2, 0) is 12.6 Å². The second-order valence-electron chi connectivity index (χ2n) is 6.07. The number of fused-ring (bicyclic) bond motifs is 1. The zero-order valence-electron chi connectivity index (χ0n) is 13.8. The Balaban J connectivity index is 2.24. The summed E-state index contributed by atoms with van der Waals surface area (Å²) in [7, 11) is 0. The first-order valence-corrected chi connectivity index (χ1v) is 8.57. The minimum atomic E-state index is -4.48. The first kappa shape index (κ1) is 18.7. The van der Waals surface area contributed by atoms with Gasteiger partial charge >= 0.3 is 6.18 Å². The molecule has 0 spiro atoms. The van der Waals surface area contributed by atoms with Crippen molar-refractivity contribution in [1.29, 1.82) is 0 Å². The summed E-state index contributed by atoms with van der Waals surface area (Å²) in [6, 6.07) is 7.94. The summed E-state index contributed by atoms with van der Waals surface area (Å²) in [6.07, 6.45) is -2.46. The largest absolute Gasteiger partial charge is 0.418 e. The van der Waals surface area contributed by atoms with E-state index in [1.807, 2.05) is 0 Å². The number of unbranched alkanes of at least 4 members (excludes halogenated alkanes) is 1. The quantitative estimate of drug-likeness (QED) is 0.415. The van der Waals surface area contributed by atoms with Crippen molar-refractivity contribution in [2.45, 2.75) is 25.4 Å². The number of hydrogen-bond donors (Lipinski definition) is 2. The number of nitrogens with two attached hydrogens (primary N) is 1. The van der Waals surface area contributed by atoms with Crippen LogP contribution in [0.25, 0.3) is 22.2 Å². The molecule has 1 heterocycles. The predicted octanol–water partition coefficient (Wildman–Crippen LogP) is 5.93. The molecule has 138 valence electrons. The van der Waals surface area contributed by atoms with E-state index in [0.717, 1.165) is 30.5 Å². The van der Waals surface area contributed by atoms with Crippen molar-refractivity contribution in [2.24, 2.45) is 5.73 Å². The molecule has 0 radical (unpaired) electrons. The number of hydrogen-bond acceptors (Lipinski definition) is 1. The van der Waals surface area contributed by atoms with Gasteiger partial charge in [-0.1, -0.05) is 23.7 Å². The highest BCUT2D eigenvalue weighted by Crippen LogP contribution is 2.40. The molecule has 7 heteroatoms. The van der Waals surface area contributed by atoms with Crippen LogP contribution in [0.1, 0.15) is 24.0 Å². The Morgan fingerprint density at radius 3 is 2.50 bits per heavy atom. The third-order valence-electron chi connectivity index (χ3n) is 4.33. The molecule has 0 aliphatic heterocycles. The molecule has 0 amide bonds. The van der Waals surface area contributed by atoms with Crippen molar-refractivity contribution in [3.05, 3.63) is 58.4 Å². The predicted molar refractivity (Wildman–Crippen MR) is 95.7 cm³/mol. The third-order valence-corrected chi connectivity index (χ3v) is 4.64. The maximum absolute atomic E-state index is 13.4. The number of para-hydroxylation sites is 1. The monoisotopic (exact) mass is 384 g/mol. The van der Waals surface area contributed by atoms with E-state index in [2.05, 4.69) is 4.98 Å². The number of aromatic nitrogens is 1. The molecule has 3 rings (SSSR count). The van der Waals surface area contributed by atoms with Crippen LogP contribution >= 0.6 is 11.6 Å². The zero-order chi connectivity index (χ0) is 18.9. The molecule has 0 saturated carbocycles. The first-order valence-electron chi connectivity index (χ1n) is 8.19. The van der Waals surface area contributed by atoms with Gasteiger partial charge in [0.15, 0.2) is 0 Å². The topological polar surface area (TPSA) is 41.8 Å². The van der Waals surface area contributed by atoms with E-state index in [1.165, 1.54) is 18.2 Å². The van der Waals surface area contributed by atoms with Crippen molar-refractivity contribution >= 4 is 22.5 Å². The number of benzene rings is 2. The Bertz CT molecular complexity index is 931. The van der Waals surface area contributed by atoms with Gasteiger partial charge in [-0.05, 0) is 55.6 Å². The molecule has 0 aliphatic rings. The number of halogens is 5. The summed E-state index contributed by atoms with van der Waals surface area (Å²) in [4.78, 5) is 2.88. The summed E-state index contributed by atoms with van der Waals surface area (Å²) in [5.41, 5.74) is 6.50. The van der Waals surface area contributed by atoms with E-state index in [1.54, 1.807) is 6.07 Å². The Hall–Kier alpha value is -2.05. The lowest BCUT2D eigenvalue weighted by molar-refractivity contribution is -0.136. The van der Waals surface area contributed by atoms with Crippen molar-refractivity contribution in [2.75, 3.05) is 6.54 Å². The average molecular weight is 385 g/mol. The van der Waals surface area contributed by atoms with Gasteiger partial charge in [0.25, 0.3) is 0 Å². The Kier molecular flexibility index (Phi) is 5.25. The van der Waals surface area contributed by atoms with Gasteiger partial charge < -0.3 is 10.7 Å². The van der Waals surface area contributed by atoms with Crippen molar-refractivity contribution in [3.63, 3.8) is 0 Å². The standard InChI is InChI=1S/C19H17ClF4N2/c20-16-10-11(21)7-8-14(16)17-12(4-1-2-9-25)13-5-3-6-15(18(13)26-17)19(22,23)24/h3,5-8,10,26H,1-2,4,9,25H2. The molecular formula is C19H17ClF4N2. The summed E-state index contributed by atoms with van der Waals surface area (Å²) in [6.45, 7) is 0.503. The Labute approximate surface area is 153 Å². The SMILES string of the molecule is NCCCCc1c(-c2ccc(F)cc2Cl)[nH]c2c(C(F)(F)F)cccc12. The van der Waals surface area contributed by atoms with Gasteiger partial charge in [0, 0.05) is 10.9 Å². The molecule has 26 heavy (non-hydrogen) atoms. The van der Waals surface area contributed by atoms with E-state index >= 15 is 0 Å². The summed E-state index contributed by atoms with van der Waals surface area (Å²) in [5.74, 6) is -0.504. The van der Waals surface area contributed by atoms with Crippen LogP contribution in [0.15, 0.2) is 36.4 Å². The van der Waals surface area contributed by atoms with E-state index in [0.29, 0.717) is 29.6 Å². The van der Waals surface area contributed by atoms with Crippen LogP contribution in [0.4, 0.5) is 17.6 Å². The highest BCUT2D eigenvalue weighted by atomic mass is 35.5. The highest BCUT2D eigenvalue weighted by Gasteiger charge is 2.34. The Morgan fingerprint density at radius 2 is 1.85 bits per heavy atom. The van der Waals surface area contributed by atoms with E-state index < -0.39 is 17.6 Å². The van der Waals surface area contributed by atoms with Crippen molar-refractivity contribution < 1.29 is 17.6 Å². The molecule has 0 aliphatic carbocycles. The molecule has 0 atom stereocenters. The lowest BCUT2D eigenvalue weighted by Gasteiger charge is -2.08. The summed E-state index contributed by atoms with van der Waals surface area (Å²) < 4.78 is 53.5. The molecule has 2 nitrogen and oxygen atoms in total. The highest BCUT2D eigenvalue weighted by molar-refractivity contribution is 6.33. The first-order chi connectivity index (χ1) is 12.3. The number of alkyl halides is 3. The van der Waals surface area contributed by atoms with Crippen LogP contribution in [0.3, 0.4) is 0 Å². The fourth-order valence-corrected chi connectivity index (χ4v) is 3.40. The number of rotatable bonds is 5. The van der Waals surface area contributed by atoms with Crippen LogP contribution < -0.4 is 5.73 Å². The molecule has 2 aromatic carbocycles. The van der Waals surface area contributed by atoms with Crippen LogP contribution in [0, 0.1) is 5.82 Å². The fraction of sp³-hybridized carbons (Fsp3) is 0.263. The fourth-order valence-electron chi connectivity index (χ4n) is 3.14. The molecule has 0 fully saturated rings. The lowest BCUT2D eigenvalue weighted by atomic mass is 9.99. The molecular weight excluding hydrogens is 368 g/mol. The second-order valence-corrected chi connectivity index (χ2v) is 6.48. The molecule has 0 saturated heterocycles. The van der Waals surface area contributed by atoms with E-state index in [4.69, 9.17) is 17.3 Å². The van der Waals surface area contributed by atoms with E-state index in [-0.39, 0.29) is 10.5 Å². The number of nitrogens with one attached hydrogen (secondary N) is 1. The van der Waals surface area contributed by atoms with Gasteiger partial charge in [0.05, 0.1) is 21.8 Å². The van der Waals surface area contributed by atoms with Crippen LogP contribution in [-0.4, -0.2) is 11.5 Å². The van der Waals surface area contributed by atoms with Gasteiger partial charge in [-0.2, -0.15) is 13.2 Å². The van der Waals surface area contributed by atoms with Crippen molar-refractivity contribution in [1.82, 2.24) is 4.98 Å². The van der Waals surface area contributed by atoms with Gasteiger partial charge in [-0.3, -0.25) is 0 Å². The molecule has 0 bridgehead atoms. The average Bonchev–Trinajstić information content (AvgIpc) is 2.92. The maximum Gasteiger partial charge on any atom is 0.418 e. The maximum atomic E-state index is 13.4. The van der Waals surface area contributed by atoms with Crippen LogP contribution in [0.5, 0.6) is 0 Å². The summed E-state index contributed by atoms with van der Waals surface area (Å²) >= 11 is 6.15. The zero-order valence-corrected chi connectivity index (χ0v) is 14.5. The minimum absolute atomic E-state index is 0.0122. The van der Waals surface area contributed by atoms with E-state index in [9.17, 15) is 17.6 Å². The molecule has 3 aromatic rings. The molecule has 1 aromatic heterocycles. The van der Waals surface area contributed by atoms with Gasteiger partial charge in [0.1, 0.15) is 5.82 Å². The molecule has 3 N–H and O–H groups in total. The number of aromatic amines is 1. The smallest absolute Gasteiger partial charge is 0.354 e. The molecule has 0 unspecified atom stereocenters. The summed E-state index contributed by atoms with van der Waals surface area (Å²) in [5, 5.41) is 0.637. The number of H-pyrrole nitrogens is 1. The lowest BCUT2D eigenvalue weighted by Crippen LogP contribution is -2.05. The van der Waals surface area contributed by atoms with Crippen molar-refractivity contribution in [3.8, 4) is 11.3 Å². The van der Waals surface area contributed by atoms with Gasteiger partial charge in [-0.15, -0.1) is 0 Å². The van der Waals surface area contributed by atoms with Gasteiger partial charge in [-0.25, -0.2) is 4.39 Å². The Morgan fingerprint density at radius 1 is 1.08 bits per heavy atom. The van der Waals surface area contributed by atoms with Gasteiger partial charge in [0.2, 0.25) is 0 Å². The normalized spacial score (nSPS) is 12.1. The second kappa shape index (κ2) is 7.29. The van der Waals surface area contributed by atoms with Crippen LogP contribution in [0.2, 0.25) is 5.02 Å². The minimum Gasteiger partial charge on any atom is -0.354 e. The number of aryl methyl sites for hydroxylation is 1.